The molecule has 90 valence electrons. The molecule has 4 nitrogen and oxygen atoms in total. The largest absolute Gasteiger partial charge is 0.478 e. The third-order valence-corrected chi connectivity index (χ3v) is 3.02. The van der Waals surface area contributed by atoms with Gasteiger partial charge in [0.15, 0.2) is 0 Å². The van der Waals surface area contributed by atoms with Crippen molar-refractivity contribution in [2.75, 3.05) is 18.0 Å². The van der Waals surface area contributed by atoms with Crippen LogP contribution in [0.4, 0.5) is 5.82 Å². The van der Waals surface area contributed by atoms with Crippen molar-refractivity contribution in [1.82, 2.24) is 4.98 Å². The van der Waals surface area contributed by atoms with E-state index in [-0.39, 0.29) is 5.56 Å². The zero-order valence-electron chi connectivity index (χ0n) is 9.48. The lowest BCUT2D eigenvalue weighted by molar-refractivity contribution is 0.0697. The summed E-state index contributed by atoms with van der Waals surface area (Å²) in [4.78, 5) is 17.2. The van der Waals surface area contributed by atoms with E-state index in [4.69, 9.17) is 16.7 Å². The van der Waals surface area contributed by atoms with E-state index < -0.39 is 5.97 Å². The number of aromatic carboxylic acids is 1. The highest BCUT2D eigenvalue weighted by Gasteiger charge is 2.19. The van der Waals surface area contributed by atoms with Gasteiger partial charge in [-0.2, -0.15) is 0 Å². The Morgan fingerprint density at radius 3 is 2.88 bits per heavy atom. The number of aromatic nitrogens is 1. The van der Waals surface area contributed by atoms with Crippen molar-refractivity contribution < 1.29 is 9.90 Å². The first-order valence-corrected chi connectivity index (χ1v) is 5.76. The van der Waals surface area contributed by atoms with E-state index in [1.807, 2.05) is 4.90 Å². The molecule has 2 heterocycles. The summed E-state index contributed by atoms with van der Waals surface area (Å²) in [7, 11) is 0. The molecule has 0 spiro atoms. The Hall–Kier alpha value is -1.55. The average Bonchev–Trinajstić information content (AvgIpc) is 2.29. The van der Waals surface area contributed by atoms with Crippen molar-refractivity contribution in [2.45, 2.75) is 13.3 Å². The van der Waals surface area contributed by atoms with Gasteiger partial charge in [-0.05, 0) is 25.5 Å². The van der Waals surface area contributed by atoms with Crippen molar-refractivity contribution in [3.63, 3.8) is 0 Å². The van der Waals surface area contributed by atoms with Crippen LogP contribution in [0.1, 0.15) is 23.7 Å². The molecule has 2 rings (SSSR count). The van der Waals surface area contributed by atoms with Crippen molar-refractivity contribution in [3.05, 3.63) is 34.5 Å². The predicted octanol–water partition coefficient (Wildman–Crippen LogP) is 2.59. The second-order valence-corrected chi connectivity index (χ2v) is 4.44. The van der Waals surface area contributed by atoms with Gasteiger partial charge in [0.1, 0.15) is 16.5 Å². The summed E-state index contributed by atoms with van der Waals surface area (Å²) in [6.07, 6.45) is 3.00. The third-order valence-electron chi connectivity index (χ3n) is 2.81. The standard InChI is InChI=1S/C12H13ClN2O2/c1-8-4-6-15(7-5-8)11-9(12(16)17)2-3-10(13)14-11/h2-4H,5-7H2,1H3,(H,16,17). The van der Waals surface area contributed by atoms with Gasteiger partial charge in [0, 0.05) is 13.1 Å². The number of carboxylic acids is 1. The number of nitrogens with zero attached hydrogens (tertiary/aromatic N) is 2. The summed E-state index contributed by atoms with van der Waals surface area (Å²) in [6, 6.07) is 3.00. The fourth-order valence-corrected chi connectivity index (χ4v) is 1.94. The molecular weight excluding hydrogens is 240 g/mol. The normalized spacial score (nSPS) is 15.6. The summed E-state index contributed by atoms with van der Waals surface area (Å²) in [5.41, 5.74) is 1.52. The maximum atomic E-state index is 11.1. The molecule has 17 heavy (non-hydrogen) atoms. The first kappa shape index (κ1) is 11.9. The molecule has 0 radical (unpaired) electrons. The van der Waals surface area contributed by atoms with Crippen LogP contribution < -0.4 is 4.90 Å². The Labute approximate surface area is 105 Å². The number of pyridine rings is 1. The van der Waals surface area contributed by atoms with Gasteiger partial charge < -0.3 is 10.0 Å². The molecule has 0 bridgehead atoms. The molecule has 0 saturated heterocycles. The Morgan fingerprint density at radius 1 is 1.53 bits per heavy atom. The fourth-order valence-electron chi connectivity index (χ4n) is 1.80. The number of halogens is 1. The SMILES string of the molecule is CC1=CCN(c2nc(Cl)ccc2C(=O)O)CC1. The lowest BCUT2D eigenvalue weighted by atomic mass is 10.1. The van der Waals surface area contributed by atoms with E-state index in [0.29, 0.717) is 17.5 Å². The fraction of sp³-hybridized carbons (Fsp3) is 0.333. The highest BCUT2D eigenvalue weighted by atomic mass is 35.5. The van der Waals surface area contributed by atoms with Gasteiger partial charge in [0.05, 0.1) is 0 Å². The van der Waals surface area contributed by atoms with Crippen molar-refractivity contribution in [2.24, 2.45) is 0 Å². The van der Waals surface area contributed by atoms with Gasteiger partial charge in [0.2, 0.25) is 0 Å². The van der Waals surface area contributed by atoms with Crippen LogP contribution in [0.5, 0.6) is 0 Å². The van der Waals surface area contributed by atoms with Crippen LogP contribution in [-0.4, -0.2) is 29.1 Å². The Morgan fingerprint density at radius 2 is 2.29 bits per heavy atom. The summed E-state index contributed by atoms with van der Waals surface area (Å²) in [5, 5.41) is 9.43. The monoisotopic (exact) mass is 252 g/mol. The van der Waals surface area contributed by atoms with Gasteiger partial charge >= 0.3 is 5.97 Å². The van der Waals surface area contributed by atoms with Crippen LogP contribution in [0.2, 0.25) is 5.15 Å². The number of hydrogen-bond acceptors (Lipinski definition) is 3. The molecule has 0 saturated carbocycles. The second-order valence-electron chi connectivity index (χ2n) is 4.06. The van der Waals surface area contributed by atoms with E-state index in [1.54, 1.807) is 0 Å². The van der Waals surface area contributed by atoms with Crippen LogP contribution in [0.15, 0.2) is 23.8 Å². The quantitative estimate of drug-likeness (QED) is 0.649. The molecule has 1 aromatic rings. The van der Waals surface area contributed by atoms with Crippen molar-refractivity contribution in [3.8, 4) is 0 Å². The smallest absolute Gasteiger partial charge is 0.339 e. The third kappa shape index (κ3) is 2.58. The maximum Gasteiger partial charge on any atom is 0.339 e. The summed E-state index contributed by atoms with van der Waals surface area (Å²) in [5.74, 6) is -0.524. The van der Waals surface area contributed by atoms with E-state index in [0.717, 1.165) is 13.0 Å². The van der Waals surface area contributed by atoms with Gasteiger partial charge in [0.25, 0.3) is 0 Å². The topological polar surface area (TPSA) is 53.4 Å². The Bertz CT molecular complexity index is 485. The second kappa shape index (κ2) is 4.75. The van der Waals surface area contributed by atoms with Gasteiger partial charge in [-0.3, -0.25) is 0 Å². The van der Waals surface area contributed by atoms with Crippen LogP contribution in [-0.2, 0) is 0 Å². The number of hydrogen-bond donors (Lipinski definition) is 1. The Kier molecular flexibility index (Phi) is 3.33. The molecule has 1 aliphatic rings. The first-order chi connectivity index (χ1) is 8.08. The highest BCUT2D eigenvalue weighted by Crippen LogP contribution is 2.23. The number of carbonyl (C=O) groups is 1. The number of carboxylic acid groups (broad SMARTS) is 1. The zero-order valence-corrected chi connectivity index (χ0v) is 10.2. The Balaban J connectivity index is 2.37. The van der Waals surface area contributed by atoms with E-state index in [9.17, 15) is 4.79 Å². The highest BCUT2D eigenvalue weighted by molar-refractivity contribution is 6.29. The van der Waals surface area contributed by atoms with Crippen LogP contribution in [0.25, 0.3) is 0 Å². The molecule has 0 atom stereocenters. The maximum absolute atomic E-state index is 11.1. The summed E-state index contributed by atoms with van der Waals surface area (Å²) >= 11 is 5.82. The molecule has 1 N–H and O–H groups in total. The zero-order chi connectivity index (χ0) is 12.4. The minimum Gasteiger partial charge on any atom is -0.478 e. The molecule has 0 amide bonds. The van der Waals surface area contributed by atoms with Crippen LogP contribution >= 0.6 is 11.6 Å². The molecule has 0 fully saturated rings. The molecule has 0 aromatic carbocycles. The van der Waals surface area contributed by atoms with Crippen LogP contribution in [0, 0.1) is 0 Å². The van der Waals surface area contributed by atoms with E-state index in [1.165, 1.54) is 17.7 Å². The lowest BCUT2D eigenvalue weighted by Gasteiger charge is -2.27. The summed E-state index contributed by atoms with van der Waals surface area (Å²) in [6.45, 7) is 3.52. The molecule has 5 heteroatoms. The molecular formula is C12H13ClN2O2. The van der Waals surface area contributed by atoms with Gasteiger partial charge in [-0.15, -0.1) is 0 Å². The van der Waals surface area contributed by atoms with E-state index >= 15 is 0 Å². The van der Waals surface area contributed by atoms with Crippen molar-refractivity contribution in [1.29, 1.82) is 0 Å². The molecule has 1 aromatic heterocycles. The van der Waals surface area contributed by atoms with Crippen molar-refractivity contribution >= 4 is 23.4 Å². The number of anilines is 1. The molecule has 0 unspecified atom stereocenters. The first-order valence-electron chi connectivity index (χ1n) is 5.38. The predicted molar refractivity (Wildman–Crippen MR) is 66.8 cm³/mol. The minimum atomic E-state index is -0.976. The van der Waals surface area contributed by atoms with Crippen LogP contribution in [0.3, 0.4) is 0 Å². The lowest BCUT2D eigenvalue weighted by Crippen LogP contribution is -2.30. The molecule has 1 aliphatic heterocycles. The molecule has 0 aliphatic carbocycles. The van der Waals surface area contributed by atoms with Gasteiger partial charge in [-0.25, -0.2) is 9.78 Å². The minimum absolute atomic E-state index is 0.197. The average molecular weight is 253 g/mol. The van der Waals surface area contributed by atoms with Gasteiger partial charge in [-0.1, -0.05) is 23.3 Å². The van der Waals surface area contributed by atoms with E-state index in [2.05, 4.69) is 18.0 Å². The summed E-state index contributed by atoms with van der Waals surface area (Å²) < 4.78 is 0. The number of rotatable bonds is 2.